The zero-order valence-corrected chi connectivity index (χ0v) is 17.0. The Balaban J connectivity index is 1.70. The molecule has 5 heteroatoms. The lowest BCUT2D eigenvalue weighted by Crippen LogP contribution is -2.19. The topological polar surface area (TPSA) is 50.7 Å². The van der Waals surface area contributed by atoms with Crippen molar-refractivity contribution < 1.29 is 9.53 Å². The van der Waals surface area contributed by atoms with E-state index in [0.29, 0.717) is 16.7 Å². The van der Waals surface area contributed by atoms with Crippen molar-refractivity contribution in [3.05, 3.63) is 77.2 Å². The number of para-hydroxylation sites is 1. The molecule has 3 aromatic rings. The van der Waals surface area contributed by atoms with E-state index in [1.165, 1.54) is 11.8 Å². The van der Waals surface area contributed by atoms with Crippen molar-refractivity contribution in [2.24, 2.45) is 4.99 Å². The molecule has 0 aromatic heterocycles. The van der Waals surface area contributed by atoms with Crippen LogP contribution in [0.3, 0.4) is 0 Å². The number of nitrogens with zero attached hydrogens (tertiary/aromatic N) is 1. The third-order valence-corrected chi connectivity index (χ3v) is 5.51. The molecule has 0 radical (unpaired) electrons. The van der Waals surface area contributed by atoms with E-state index in [1.54, 1.807) is 0 Å². The van der Waals surface area contributed by atoms with E-state index in [2.05, 4.69) is 35.4 Å². The van der Waals surface area contributed by atoms with Crippen LogP contribution in [0.1, 0.15) is 25.3 Å². The largest absolute Gasteiger partial charge is 0.493 e. The standard InChI is InChI=1S/C24H22N2O2S/c1-2-3-15-28-21-14-13-17-9-7-8-12-19(17)20(21)16-22-23(27)26-24(29-22)25-18-10-5-4-6-11-18/h4-14,16H,2-3,15H2,1H3,(H,25,26,27)/b22-16+. The molecule has 1 N–H and O–H groups in total. The van der Waals surface area contributed by atoms with Crippen LogP contribution in [-0.4, -0.2) is 17.7 Å². The molecular weight excluding hydrogens is 380 g/mol. The SMILES string of the molecule is CCCCOc1ccc2ccccc2c1/C=C1/SC(=Nc2ccccc2)NC1=O. The van der Waals surface area contributed by atoms with Gasteiger partial charge in [0.1, 0.15) is 5.75 Å². The lowest BCUT2D eigenvalue weighted by Gasteiger charge is -2.12. The molecule has 1 saturated heterocycles. The highest BCUT2D eigenvalue weighted by Crippen LogP contribution is 2.34. The third-order valence-electron chi connectivity index (χ3n) is 4.60. The minimum absolute atomic E-state index is 0.142. The van der Waals surface area contributed by atoms with Crippen LogP contribution in [0, 0.1) is 0 Å². The molecular formula is C24H22N2O2S. The molecule has 1 heterocycles. The summed E-state index contributed by atoms with van der Waals surface area (Å²) in [5.41, 5.74) is 1.74. The fraction of sp³-hybridized carbons (Fsp3) is 0.167. The third kappa shape index (κ3) is 4.51. The maximum absolute atomic E-state index is 12.6. The number of carbonyl (C=O) groups is 1. The highest BCUT2D eigenvalue weighted by molar-refractivity contribution is 8.18. The monoisotopic (exact) mass is 402 g/mol. The molecule has 0 saturated carbocycles. The van der Waals surface area contributed by atoms with E-state index in [9.17, 15) is 4.79 Å². The maximum atomic E-state index is 12.6. The van der Waals surface area contributed by atoms with Gasteiger partial charge in [0, 0.05) is 5.56 Å². The first-order valence-electron chi connectivity index (χ1n) is 9.74. The number of fused-ring (bicyclic) bond motifs is 1. The molecule has 146 valence electrons. The lowest BCUT2D eigenvalue weighted by molar-refractivity contribution is -0.115. The molecule has 0 aliphatic carbocycles. The van der Waals surface area contributed by atoms with Gasteiger partial charge < -0.3 is 10.1 Å². The van der Waals surface area contributed by atoms with Crippen molar-refractivity contribution in [2.75, 3.05) is 6.61 Å². The lowest BCUT2D eigenvalue weighted by atomic mass is 10.0. The Morgan fingerprint density at radius 2 is 1.83 bits per heavy atom. The summed E-state index contributed by atoms with van der Waals surface area (Å²) in [5, 5.41) is 5.62. The van der Waals surface area contributed by atoms with Gasteiger partial charge in [-0.3, -0.25) is 4.79 Å². The summed E-state index contributed by atoms with van der Waals surface area (Å²) in [6, 6.07) is 21.8. The van der Waals surface area contributed by atoms with Gasteiger partial charge in [-0.2, -0.15) is 0 Å². The van der Waals surface area contributed by atoms with Gasteiger partial charge in [0.2, 0.25) is 0 Å². The molecule has 3 aromatic carbocycles. The highest BCUT2D eigenvalue weighted by Gasteiger charge is 2.24. The van der Waals surface area contributed by atoms with E-state index in [1.807, 2.05) is 54.6 Å². The Morgan fingerprint density at radius 3 is 2.66 bits per heavy atom. The minimum atomic E-state index is -0.142. The second kappa shape index (κ2) is 8.97. The van der Waals surface area contributed by atoms with E-state index < -0.39 is 0 Å². The first-order chi connectivity index (χ1) is 14.2. The Morgan fingerprint density at radius 1 is 1.03 bits per heavy atom. The number of rotatable bonds is 6. The van der Waals surface area contributed by atoms with E-state index in [0.717, 1.165) is 40.6 Å². The summed E-state index contributed by atoms with van der Waals surface area (Å²) in [6.45, 7) is 2.80. The van der Waals surface area contributed by atoms with Crippen molar-refractivity contribution in [1.82, 2.24) is 5.32 Å². The second-order valence-corrected chi connectivity index (χ2v) is 7.75. The Labute approximate surface area is 174 Å². The molecule has 29 heavy (non-hydrogen) atoms. The van der Waals surface area contributed by atoms with Gasteiger partial charge in [-0.05, 0) is 53.2 Å². The molecule has 1 aliphatic rings. The van der Waals surface area contributed by atoms with Crippen LogP contribution in [-0.2, 0) is 4.79 Å². The zero-order chi connectivity index (χ0) is 20.1. The summed E-state index contributed by atoms with van der Waals surface area (Å²) in [7, 11) is 0. The Hall–Kier alpha value is -3.05. The number of benzene rings is 3. The zero-order valence-electron chi connectivity index (χ0n) is 16.2. The number of ether oxygens (including phenoxy) is 1. The van der Waals surface area contributed by atoms with Crippen LogP contribution in [0.4, 0.5) is 5.69 Å². The number of unbranched alkanes of at least 4 members (excludes halogenated alkanes) is 1. The maximum Gasteiger partial charge on any atom is 0.264 e. The van der Waals surface area contributed by atoms with E-state index in [4.69, 9.17) is 4.74 Å². The molecule has 1 aliphatic heterocycles. The van der Waals surface area contributed by atoms with Crippen molar-refractivity contribution in [3.8, 4) is 5.75 Å². The summed E-state index contributed by atoms with van der Waals surface area (Å²) < 4.78 is 6.04. The first kappa shape index (κ1) is 19.3. The average Bonchev–Trinajstić information content (AvgIpc) is 3.09. The number of hydrogen-bond donors (Lipinski definition) is 1. The van der Waals surface area contributed by atoms with Crippen molar-refractivity contribution in [3.63, 3.8) is 0 Å². The van der Waals surface area contributed by atoms with Gasteiger partial charge >= 0.3 is 0 Å². The number of aliphatic imine (C=N–C) groups is 1. The second-order valence-electron chi connectivity index (χ2n) is 6.72. The highest BCUT2D eigenvalue weighted by atomic mass is 32.2. The van der Waals surface area contributed by atoms with Crippen LogP contribution in [0.25, 0.3) is 16.8 Å². The van der Waals surface area contributed by atoms with Crippen LogP contribution in [0.15, 0.2) is 76.6 Å². The Kier molecular flexibility index (Phi) is 5.96. The van der Waals surface area contributed by atoms with Gasteiger partial charge in [0.15, 0.2) is 5.17 Å². The van der Waals surface area contributed by atoms with Gasteiger partial charge in [-0.15, -0.1) is 0 Å². The minimum Gasteiger partial charge on any atom is -0.493 e. The number of amidine groups is 1. The number of carbonyl (C=O) groups excluding carboxylic acids is 1. The Bertz CT molecular complexity index is 1090. The quantitative estimate of drug-likeness (QED) is 0.412. The van der Waals surface area contributed by atoms with Crippen molar-refractivity contribution in [1.29, 1.82) is 0 Å². The molecule has 0 bridgehead atoms. The summed E-state index contributed by atoms with van der Waals surface area (Å²) in [5.74, 6) is 0.656. The molecule has 4 rings (SSSR count). The van der Waals surface area contributed by atoms with Crippen LogP contribution in [0.5, 0.6) is 5.75 Å². The molecule has 1 fully saturated rings. The van der Waals surface area contributed by atoms with Crippen LogP contribution < -0.4 is 10.1 Å². The molecule has 0 atom stereocenters. The molecule has 0 spiro atoms. The average molecular weight is 403 g/mol. The van der Waals surface area contributed by atoms with Crippen molar-refractivity contribution in [2.45, 2.75) is 19.8 Å². The smallest absolute Gasteiger partial charge is 0.264 e. The van der Waals surface area contributed by atoms with Gasteiger partial charge in [-0.1, -0.05) is 61.9 Å². The number of nitrogens with one attached hydrogen (secondary N) is 1. The molecule has 0 unspecified atom stereocenters. The van der Waals surface area contributed by atoms with Crippen molar-refractivity contribution >= 4 is 45.4 Å². The number of hydrogen-bond acceptors (Lipinski definition) is 4. The van der Waals surface area contributed by atoms with Gasteiger partial charge in [-0.25, -0.2) is 4.99 Å². The fourth-order valence-corrected chi connectivity index (χ4v) is 3.93. The summed E-state index contributed by atoms with van der Waals surface area (Å²) in [6.07, 6.45) is 3.98. The number of amides is 1. The summed E-state index contributed by atoms with van der Waals surface area (Å²) >= 11 is 1.35. The predicted molar refractivity (Wildman–Crippen MR) is 122 cm³/mol. The fourth-order valence-electron chi connectivity index (χ4n) is 3.11. The van der Waals surface area contributed by atoms with Crippen LogP contribution >= 0.6 is 11.8 Å². The van der Waals surface area contributed by atoms with E-state index in [-0.39, 0.29) is 5.91 Å². The molecule has 1 amide bonds. The number of thioether (sulfide) groups is 1. The molecule has 4 nitrogen and oxygen atoms in total. The van der Waals surface area contributed by atoms with E-state index >= 15 is 0 Å². The van der Waals surface area contributed by atoms with Gasteiger partial charge in [0.25, 0.3) is 5.91 Å². The predicted octanol–water partition coefficient (Wildman–Crippen LogP) is 5.91. The summed E-state index contributed by atoms with van der Waals surface area (Å²) in [4.78, 5) is 17.7. The van der Waals surface area contributed by atoms with Gasteiger partial charge in [0.05, 0.1) is 17.2 Å². The van der Waals surface area contributed by atoms with Crippen LogP contribution in [0.2, 0.25) is 0 Å². The first-order valence-corrected chi connectivity index (χ1v) is 10.6. The normalized spacial score (nSPS) is 16.5.